The first-order chi connectivity index (χ1) is 7.70. The largest absolute Gasteiger partial charge is 0.319 e. The van der Waals surface area contributed by atoms with Crippen molar-refractivity contribution in [2.75, 3.05) is 13.6 Å². The summed E-state index contributed by atoms with van der Waals surface area (Å²) in [5, 5.41) is 4.28. The van der Waals surface area contributed by atoms with Gasteiger partial charge in [-0.05, 0) is 49.8 Å². The molecular formula is C14H18ClN. The normalized spacial score (nSPS) is 24.1. The summed E-state index contributed by atoms with van der Waals surface area (Å²) in [4.78, 5) is 0. The zero-order chi connectivity index (χ0) is 11.2. The number of likely N-dealkylation sites (N-methyl/N-ethyl adjacent to an activating group) is 1. The van der Waals surface area contributed by atoms with Crippen LogP contribution in [-0.2, 0) is 5.41 Å². The first-order valence-electron chi connectivity index (χ1n) is 6.09. The van der Waals surface area contributed by atoms with E-state index >= 15 is 0 Å². The van der Waals surface area contributed by atoms with Crippen molar-refractivity contribution < 1.29 is 0 Å². The third-order valence-electron chi connectivity index (χ3n) is 4.34. The Morgan fingerprint density at radius 2 is 1.94 bits per heavy atom. The van der Waals surface area contributed by atoms with Gasteiger partial charge in [-0.15, -0.1) is 0 Å². The number of nitrogens with one attached hydrogen (secondary N) is 1. The molecule has 0 amide bonds. The van der Waals surface area contributed by atoms with Gasteiger partial charge in [-0.3, -0.25) is 0 Å². The Labute approximate surface area is 102 Å². The lowest BCUT2D eigenvalue weighted by Crippen LogP contribution is -2.49. The minimum atomic E-state index is 0.309. The van der Waals surface area contributed by atoms with Crippen LogP contribution < -0.4 is 5.32 Å². The zero-order valence-electron chi connectivity index (χ0n) is 9.72. The first-order valence-corrected chi connectivity index (χ1v) is 6.47. The van der Waals surface area contributed by atoms with E-state index in [-0.39, 0.29) is 0 Å². The van der Waals surface area contributed by atoms with E-state index in [0.29, 0.717) is 10.8 Å². The Morgan fingerprint density at radius 1 is 1.25 bits per heavy atom. The molecule has 0 saturated heterocycles. The summed E-state index contributed by atoms with van der Waals surface area (Å²) in [6.07, 6.45) is 5.51. The molecule has 2 aliphatic carbocycles. The number of hydrogen-bond donors (Lipinski definition) is 1. The second-order valence-corrected chi connectivity index (χ2v) is 6.05. The predicted molar refractivity (Wildman–Crippen MR) is 68.0 cm³/mol. The molecule has 0 aromatic heterocycles. The second-order valence-electron chi connectivity index (χ2n) is 5.64. The molecule has 1 N–H and O–H groups in total. The fraction of sp³-hybridized carbons (Fsp3) is 0.571. The maximum atomic E-state index is 6.34. The van der Waals surface area contributed by atoms with Crippen LogP contribution in [0.15, 0.2) is 24.3 Å². The van der Waals surface area contributed by atoms with Crippen molar-refractivity contribution in [2.24, 2.45) is 5.41 Å². The lowest BCUT2D eigenvalue weighted by atomic mass is 9.56. The maximum absolute atomic E-state index is 6.34. The van der Waals surface area contributed by atoms with Crippen molar-refractivity contribution in [3.8, 4) is 0 Å². The SMILES string of the molecule is CNCC1(c2ccccc2Cl)CC2(CC2)C1. The quantitative estimate of drug-likeness (QED) is 0.847. The minimum Gasteiger partial charge on any atom is -0.319 e. The predicted octanol–water partition coefficient (Wildman–Crippen LogP) is 3.37. The highest BCUT2D eigenvalue weighted by Crippen LogP contribution is 2.69. The van der Waals surface area contributed by atoms with Crippen LogP contribution in [0, 0.1) is 5.41 Å². The Balaban J connectivity index is 1.92. The summed E-state index contributed by atoms with van der Waals surface area (Å²) in [5.41, 5.74) is 2.36. The van der Waals surface area contributed by atoms with Crippen molar-refractivity contribution in [1.82, 2.24) is 5.32 Å². The van der Waals surface area contributed by atoms with Crippen molar-refractivity contribution in [3.63, 3.8) is 0 Å². The minimum absolute atomic E-state index is 0.309. The molecule has 0 aliphatic heterocycles. The van der Waals surface area contributed by atoms with Gasteiger partial charge in [0.1, 0.15) is 0 Å². The standard InChI is InChI=1S/C14H18ClN/c1-16-10-14(8-13(9-14)6-7-13)11-4-2-3-5-12(11)15/h2-5,16H,6-10H2,1H3. The molecule has 1 aromatic rings. The summed E-state index contributed by atoms with van der Waals surface area (Å²) in [5.74, 6) is 0. The Morgan fingerprint density at radius 3 is 2.50 bits per heavy atom. The van der Waals surface area contributed by atoms with Crippen molar-refractivity contribution >= 4 is 11.6 Å². The average Bonchev–Trinajstić information content (AvgIpc) is 2.98. The van der Waals surface area contributed by atoms with Crippen LogP contribution >= 0.6 is 11.6 Å². The highest BCUT2D eigenvalue weighted by molar-refractivity contribution is 6.31. The molecule has 0 radical (unpaired) electrons. The molecule has 1 spiro atoms. The molecule has 0 heterocycles. The second kappa shape index (κ2) is 3.48. The molecular weight excluding hydrogens is 218 g/mol. The van der Waals surface area contributed by atoms with Gasteiger partial charge >= 0.3 is 0 Å². The van der Waals surface area contributed by atoms with Gasteiger partial charge in [-0.2, -0.15) is 0 Å². The van der Waals surface area contributed by atoms with Gasteiger partial charge in [-0.1, -0.05) is 29.8 Å². The van der Waals surface area contributed by atoms with E-state index in [4.69, 9.17) is 11.6 Å². The molecule has 2 fully saturated rings. The number of benzene rings is 1. The molecule has 1 nitrogen and oxygen atoms in total. The lowest BCUT2D eigenvalue weighted by molar-refractivity contribution is 0.118. The lowest BCUT2D eigenvalue weighted by Gasteiger charge is -2.49. The smallest absolute Gasteiger partial charge is 0.0444 e. The fourth-order valence-electron chi connectivity index (χ4n) is 3.55. The number of hydrogen-bond acceptors (Lipinski definition) is 1. The summed E-state index contributed by atoms with van der Waals surface area (Å²) >= 11 is 6.34. The van der Waals surface area contributed by atoms with Crippen LogP contribution in [0.5, 0.6) is 0 Å². The molecule has 1 aromatic carbocycles. The van der Waals surface area contributed by atoms with E-state index in [1.165, 1.54) is 31.2 Å². The van der Waals surface area contributed by atoms with Crippen LogP contribution in [0.25, 0.3) is 0 Å². The van der Waals surface area contributed by atoms with Gasteiger partial charge in [-0.25, -0.2) is 0 Å². The van der Waals surface area contributed by atoms with Crippen LogP contribution in [-0.4, -0.2) is 13.6 Å². The van der Waals surface area contributed by atoms with Crippen molar-refractivity contribution in [3.05, 3.63) is 34.9 Å². The number of rotatable bonds is 3. The van der Waals surface area contributed by atoms with Crippen LogP contribution in [0.1, 0.15) is 31.2 Å². The zero-order valence-corrected chi connectivity index (χ0v) is 10.5. The van der Waals surface area contributed by atoms with Gasteiger partial charge < -0.3 is 5.32 Å². The highest BCUT2D eigenvalue weighted by atomic mass is 35.5. The molecule has 0 bridgehead atoms. The fourth-order valence-corrected chi connectivity index (χ4v) is 3.89. The van der Waals surface area contributed by atoms with Gasteiger partial charge in [0.2, 0.25) is 0 Å². The van der Waals surface area contributed by atoms with Gasteiger partial charge in [0.05, 0.1) is 0 Å². The maximum Gasteiger partial charge on any atom is 0.0444 e. The summed E-state index contributed by atoms with van der Waals surface area (Å²) in [7, 11) is 2.04. The molecule has 2 heteroatoms. The van der Waals surface area contributed by atoms with Gasteiger partial charge in [0.15, 0.2) is 0 Å². The van der Waals surface area contributed by atoms with E-state index in [1.54, 1.807) is 0 Å². The van der Waals surface area contributed by atoms with Crippen molar-refractivity contribution in [1.29, 1.82) is 0 Å². The molecule has 3 rings (SSSR count). The summed E-state index contributed by atoms with van der Waals surface area (Å²) in [6, 6.07) is 8.35. The molecule has 0 unspecified atom stereocenters. The average molecular weight is 236 g/mol. The van der Waals surface area contributed by atoms with Gasteiger partial charge in [0, 0.05) is 17.0 Å². The molecule has 2 aliphatic rings. The van der Waals surface area contributed by atoms with Crippen LogP contribution in [0.3, 0.4) is 0 Å². The molecule has 86 valence electrons. The summed E-state index contributed by atoms with van der Waals surface area (Å²) in [6.45, 7) is 1.05. The summed E-state index contributed by atoms with van der Waals surface area (Å²) < 4.78 is 0. The topological polar surface area (TPSA) is 12.0 Å². The number of halogens is 1. The van der Waals surface area contributed by atoms with Crippen LogP contribution in [0.2, 0.25) is 5.02 Å². The first kappa shape index (κ1) is 10.6. The monoisotopic (exact) mass is 235 g/mol. The van der Waals surface area contributed by atoms with Crippen LogP contribution in [0.4, 0.5) is 0 Å². The van der Waals surface area contributed by atoms with E-state index in [2.05, 4.69) is 17.4 Å². The highest BCUT2D eigenvalue weighted by Gasteiger charge is 2.61. The third kappa shape index (κ3) is 1.49. The van der Waals surface area contributed by atoms with E-state index in [9.17, 15) is 0 Å². The van der Waals surface area contributed by atoms with E-state index < -0.39 is 0 Å². The van der Waals surface area contributed by atoms with Crippen molar-refractivity contribution in [2.45, 2.75) is 31.1 Å². The van der Waals surface area contributed by atoms with E-state index in [0.717, 1.165) is 11.6 Å². The Kier molecular flexibility index (Phi) is 2.31. The van der Waals surface area contributed by atoms with Gasteiger partial charge in [0.25, 0.3) is 0 Å². The van der Waals surface area contributed by atoms with E-state index in [1.807, 2.05) is 19.2 Å². The third-order valence-corrected chi connectivity index (χ3v) is 4.67. The Bertz CT molecular complexity index is 401. The Hall–Kier alpha value is -0.530. The molecule has 16 heavy (non-hydrogen) atoms. The molecule has 2 saturated carbocycles. The molecule has 0 atom stereocenters.